The smallest absolute Gasteiger partial charge is 0.123 e. The van der Waals surface area contributed by atoms with Gasteiger partial charge < -0.3 is 10.5 Å². The van der Waals surface area contributed by atoms with Crippen molar-refractivity contribution in [1.82, 2.24) is 4.90 Å². The summed E-state index contributed by atoms with van der Waals surface area (Å²) in [5.41, 5.74) is 8.22. The van der Waals surface area contributed by atoms with Crippen LogP contribution in [0.4, 0.5) is 0 Å². The van der Waals surface area contributed by atoms with Crippen LogP contribution in [0.2, 0.25) is 0 Å². The Kier molecular flexibility index (Phi) is 5.23. The van der Waals surface area contributed by atoms with Crippen molar-refractivity contribution in [1.29, 1.82) is 0 Å². The molecule has 0 aromatic heterocycles. The molecule has 1 fully saturated rings. The fourth-order valence-electron chi connectivity index (χ4n) is 3.05. The van der Waals surface area contributed by atoms with Gasteiger partial charge >= 0.3 is 0 Å². The standard InChI is InChI=1S/C16H26N2O/c1-3-4-13-7-8-18(11-13)12-14-5-6-16(19-2)15(9-14)10-17/h5-6,9,13H,3-4,7-8,10-12,17H2,1-2H3. The summed E-state index contributed by atoms with van der Waals surface area (Å²) < 4.78 is 5.32. The second-order valence-electron chi connectivity index (χ2n) is 5.53. The minimum absolute atomic E-state index is 0.537. The Hall–Kier alpha value is -1.06. The lowest BCUT2D eigenvalue weighted by Gasteiger charge is -2.17. The minimum atomic E-state index is 0.537. The lowest BCUT2D eigenvalue weighted by molar-refractivity contribution is 0.312. The maximum atomic E-state index is 5.77. The van der Waals surface area contributed by atoms with Gasteiger partial charge in [0.25, 0.3) is 0 Å². The first-order chi connectivity index (χ1) is 9.26. The van der Waals surface area contributed by atoms with E-state index in [2.05, 4.69) is 24.0 Å². The molecular formula is C16H26N2O. The first-order valence-corrected chi connectivity index (χ1v) is 7.35. The summed E-state index contributed by atoms with van der Waals surface area (Å²) in [6.45, 7) is 6.33. The summed E-state index contributed by atoms with van der Waals surface area (Å²) in [7, 11) is 1.70. The Bertz CT molecular complexity index is 406. The number of rotatable bonds is 6. The number of benzene rings is 1. The summed E-state index contributed by atoms with van der Waals surface area (Å²) in [5.74, 6) is 1.80. The van der Waals surface area contributed by atoms with E-state index in [0.717, 1.165) is 23.8 Å². The van der Waals surface area contributed by atoms with Crippen LogP contribution in [0.15, 0.2) is 18.2 Å². The Morgan fingerprint density at radius 3 is 2.95 bits per heavy atom. The lowest BCUT2D eigenvalue weighted by atomic mass is 10.0. The van der Waals surface area contributed by atoms with E-state index in [1.165, 1.54) is 37.9 Å². The third-order valence-electron chi connectivity index (χ3n) is 4.04. The van der Waals surface area contributed by atoms with Crippen molar-refractivity contribution in [2.24, 2.45) is 11.7 Å². The van der Waals surface area contributed by atoms with Gasteiger partial charge in [-0.05, 0) is 43.0 Å². The quantitative estimate of drug-likeness (QED) is 0.856. The molecule has 1 aromatic carbocycles. The van der Waals surface area contributed by atoms with Crippen molar-refractivity contribution in [2.75, 3.05) is 20.2 Å². The molecule has 1 aliphatic rings. The lowest BCUT2D eigenvalue weighted by Crippen LogP contribution is -2.20. The van der Waals surface area contributed by atoms with E-state index in [9.17, 15) is 0 Å². The molecule has 19 heavy (non-hydrogen) atoms. The van der Waals surface area contributed by atoms with Crippen molar-refractivity contribution in [3.05, 3.63) is 29.3 Å². The first-order valence-electron chi connectivity index (χ1n) is 7.35. The molecule has 1 heterocycles. The molecule has 0 radical (unpaired) electrons. The zero-order valence-electron chi connectivity index (χ0n) is 12.2. The Labute approximate surface area is 116 Å². The van der Waals surface area contributed by atoms with Crippen LogP contribution in [0.1, 0.15) is 37.3 Å². The van der Waals surface area contributed by atoms with E-state index in [1.807, 2.05) is 6.07 Å². The number of nitrogens with zero attached hydrogens (tertiary/aromatic N) is 1. The average molecular weight is 262 g/mol. The fourth-order valence-corrected chi connectivity index (χ4v) is 3.05. The van der Waals surface area contributed by atoms with Crippen molar-refractivity contribution >= 4 is 0 Å². The average Bonchev–Trinajstić information content (AvgIpc) is 2.86. The highest BCUT2D eigenvalue weighted by molar-refractivity contribution is 5.37. The van der Waals surface area contributed by atoms with E-state index in [0.29, 0.717) is 6.54 Å². The SMILES string of the molecule is CCCC1CCN(Cc2ccc(OC)c(CN)c2)C1. The Balaban J connectivity index is 1.96. The molecule has 1 saturated heterocycles. The molecule has 0 aliphatic carbocycles. The van der Waals surface area contributed by atoms with Crippen LogP contribution >= 0.6 is 0 Å². The van der Waals surface area contributed by atoms with Crippen molar-refractivity contribution < 1.29 is 4.74 Å². The summed E-state index contributed by atoms with van der Waals surface area (Å²) in [6.07, 6.45) is 4.03. The van der Waals surface area contributed by atoms with Crippen molar-refractivity contribution in [3.8, 4) is 5.75 Å². The van der Waals surface area contributed by atoms with E-state index < -0.39 is 0 Å². The summed E-state index contributed by atoms with van der Waals surface area (Å²) in [6, 6.07) is 6.38. The van der Waals surface area contributed by atoms with Gasteiger partial charge in [0.1, 0.15) is 5.75 Å². The van der Waals surface area contributed by atoms with Crippen LogP contribution in [-0.4, -0.2) is 25.1 Å². The molecule has 1 aliphatic heterocycles. The predicted molar refractivity (Wildman–Crippen MR) is 79.2 cm³/mol. The Morgan fingerprint density at radius 2 is 2.26 bits per heavy atom. The highest BCUT2D eigenvalue weighted by atomic mass is 16.5. The van der Waals surface area contributed by atoms with Crippen LogP contribution < -0.4 is 10.5 Å². The molecule has 0 bridgehead atoms. The van der Waals surface area contributed by atoms with Crippen LogP contribution in [0, 0.1) is 5.92 Å². The largest absolute Gasteiger partial charge is 0.496 e. The zero-order chi connectivity index (χ0) is 13.7. The second kappa shape index (κ2) is 6.92. The van der Waals surface area contributed by atoms with Gasteiger partial charge in [0.15, 0.2) is 0 Å². The molecule has 0 saturated carbocycles. The van der Waals surface area contributed by atoms with E-state index >= 15 is 0 Å². The molecular weight excluding hydrogens is 236 g/mol. The molecule has 1 atom stereocenters. The van der Waals surface area contributed by atoms with Gasteiger partial charge in [-0.3, -0.25) is 4.90 Å². The maximum absolute atomic E-state index is 5.77. The van der Waals surface area contributed by atoms with Crippen LogP contribution in [0.25, 0.3) is 0 Å². The van der Waals surface area contributed by atoms with Gasteiger partial charge in [-0.2, -0.15) is 0 Å². The van der Waals surface area contributed by atoms with E-state index in [1.54, 1.807) is 7.11 Å². The maximum Gasteiger partial charge on any atom is 0.123 e. The third-order valence-corrected chi connectivity index (χ3v) is 4.04. The van der Waals surface area contributed by atoms with Gasteiger partial charge in [-0.25, -0.2) is 0 Å². The number of hydrogen-bond donors (Lipinski definition) is 1. The molecule has 0 spiro atoms. The summed E-state index contributed by atoms with van der Waals surface area (Å²) in [4.78, 5) is 2.56. The minimum Gasteiger partial charge on any atom is -0.496 e. The molecule has 3 heteroatoms. The molecule has 1 unspecified atom stereocenters. The highest BCUT2D eigenvalue weighted by Crippen LogP contribution is 2.24. The molecule has 1 aromatic rings. The number of likely N-dealkylation sites (tertiary alicyclic amines) is 1. The predicted octanol–water partition coefficient (Wildman–Crippen LogP) is 2.78. The van der Waals surface area contributed by atoms with Crippen LogP contribution in [-0.2, 0) is 13.1 Å². The molecule has 2 rings (SSSR count). The van der Waals surface area contributed by atoms with Crippen molar-refractivity contribution in [2.45, 2.75) is 39.3 Å². The molecule has 3 nitrogen and oxygen atoms in total. The number of methoxy groups -OCH3 is 1. The molecule has 2 N–H and O–H groups in total. The summed E-state index contributed by atoms with van der Waals surface area (Å²) >= 11 is 0. The van der Waals surface area contributed by atoms with Gasteiger partial charge in [0.05, 0.1) is 7.11 Å². The van der Waals surface area contributed by atoms with Gasteiger partial charge in [-0.15, -0.1) is 0 Å². The van der Waals surface area contributed by atoms with Crippen molar-refractivity contribution in [3.63, 3.8) is 0 Å². The highest BCUT2D eigenvalue weighted by Gasteiger charge is 2.21. The number of ether oxygens (including phenoxy) is 1. The zero-order valence-corrected chi connectivity index (χ0v) is 12.2. The third kappa shape index (κ3) is 3.71. The molecule has 0 amide bonds. The first kappa shape index (κ1) is 14.4. The monoisotopic (exact) mass is 262 g/mol. The van der Waals surface area contributed by atoms with Gasteiger partial charge in [0, 0.05) is 25.2 Å². The summed E-state index contributed by atoms with van der Waals surface area (Å²) in [5, 5.41) is 0. The van der Waals surface area contributed by atoms with Gasteiger partial charge in [-0.1, -0.05) is 19.4 Å². The van der Waals surface area contributed by atoms with E-state index in [-0.39, 0.29) is 0 Å². The second-order valence-corrected chi connectivity index (χ2v) is 5.53. The van der Waals surface area contributed by atoms with E-state index in [4.69, 9.17) is 10.5 Å². The number of hydrogen-bond acceptors (Lipinski definition) is 3. The van der Waals surface area contributed by atoms with Gasteiger partial charge in [0.2, 0.25) is 0 Å². The topological polar surface area (TPSA) is 38.5 Å². The Morgan fingerprint density at radius 1 is 1.42 bits per heavy atom. The molecule has 106 valence electrons. The number of nitrogens with two attached hydrogens (primary N) is 1. The van der Waals surface area contributed by atoms with Crippen LogP contribution in [0.3, 0.4) is 0 Å². The normalized spacial score (nSPS) is 19.8. The van der Waals surface area contributed by atoms with Crippen LogP contribution in [0.5, 0.6) is 5.75 Å². The fraction of sp³-hybridized carbons (Fsp3) is 0.625.